The summed E-state index contributed by atoms with van der Waals surface area (Å²) in [5.74, 6) is 1.17. The summed E-state index contributed by atoms with van der Waals surface area (Å²) < 4.78 is 33.4. The van der Waals surface area contributed by atoms with Crippen LogP contribution in [0.4, 0.5) is 11.6 Å². The number of hydrogen-bond acceptors (Lipinski definition) is 6. The van der Waals surface area contributed by atoms with Gasteiger partial charge in [-0.2, -0.15) is 0 Å². The van der Waals surface area contributed by atoms with Gasteiger partial charge < -0.3 is 10.1 Å². The maximum atomic E-state index is 12.7. The Morgan fingerprint density at radius 1 is 1.03 bits per heavy atom. The highest BCUT2D eigenvalue weighted by Gasteiger charge is 2.18. The lowest BCUT2D eigenvalue weighted by atomic mass is 9.96. The standard InChI is InChI=1S/C25H27ClN4O3S/c1-33-23-15-21(30-34(31,32)24-10-6-5-9-22(24)26)14-13-19(23)12-11-18-16-27-25(28-17-18)29-20-7-3-2-4-8-20/h5-6,9-17,20,30H,2-4,7-8H2,1H3,(H,27,28,29)/b12-11+. The maximum Gasteiger partial charge on any atom is 0.263 e. The second kappa shape index (κ2) is 10.9. The normalized spacial score (nSPS) is 14.8. The van der Waals surface area contributed by atoms with Crippen molar-refractivity contribution in [2.75, 3.05) is 17.1 Å². The molecule has 2 N–H and O–H groups in total. The molecule has 0 bridgehead atoms. The summed E-state index contributed by atoms with van der Waals surface area (Å²) >= 11 is 6.05. The number of methoxy groups -OCH3 is 1. The Morgan fingerprint density at radius 3 is 2.47 bits per heavy atom. The van der Waals surface area contributed by atoms with E-state index in [-0.39, 0.29) is 9.92 Å². The van der Waals surface area contributed by atoms with Gasteiger partial charge in [0.05, 0.1) is 17.8 Å². The van der Waals surface area contributed by atoms with E-state index in [0.717, 1.165) is 24.0 Å². The summed E-state index contributed by atoms with van der Waals surface area (Å²) in [6.45, 7) is 0. The Balaban J connectivity index is 1.45. The third-order valence-corrected chi connectivity index (χ3v) is 7.56. The minimum absolute atomic E-state index is 0.0148. The molecule has 0 atom stereocenters. The summed E-state index contributed by atoms with van der Waals surface area (Å²) in [5, 5.41) is 3.57. The van der Waals surface area contributed by atoms with E-state index in [1.54, 1.807) is 42.7 Å². The molecule has 1 saturated carbocycles. The van der Waals surface area contributed by atoms with E-state index >= 15 is 0 Å². The highest BCUT2D eigenvalue weighted by molar-refractivity contribution is 7.92. The van der Waals surface area contributed by atoms with Crippen LogP contribution >= 0.6 is 11.6 Å². The van der Waals surface area contributed by atoms with Crippen molar-refractivity contribution in [3.8, 4) is 5.75 Å². The number of nitrogens with one attached hydrogen (secondary N) is 2. The minimum Gasteiger partial charge on any atom is -0.496 e. The van der Waals surface area contributed by atoms with Crippen molar-refractivity contribution in [1.29, 1.82) is 0 Å². The van der Waals surface area contributed by atoms with Gasteiger partial charge in [0.15, 0.2) is 0 Å². The average Bonchev–Trinajstić information content (AvgIpc) is 2.84. The van der Waals surface area contributed by atoms with Crippen LogP contribution in [0.15, 0.2) is 59.8 Å². The van der Waals surface area contributed by atoms with Crippen molar-refractivity contribution < 1.29 is 13.2 Å². The van der Waals surface area contributed by atoms with Gasteiger partial charge in [0, 0.05) is 35.6 Å². The number of hydrogen-bond donors (Lipinski definition) is 2. The first-order valence-corrected chi connectivity index (χ1v) is 13.0. The Morgan fingerprint density at radius 2 is 1.76 bits per heavy atom. The van der Waals surface area contributed by atoms with Crippen LogP contribution in [0.25, 0.3) is 12.2 Å². The molecule has 1 aromatic heterocycles. The molecule has 1 aliphatic carbocycles. The van der Waals surface area contributed by atoms with Crippen LogP contribution in [0.1, 0.15) is 43.2 Å². The fraction of sp³-hybridized carbons (Fsp3) is 0.280. The monoisotopic (exact) mass is 498 g/mol. The molecule has 1 heterocycles. The van der Waals surface area contributed by atoms with E-state index in [1.165, 1.54) is 38.5 Å². The number of ether oxygens (including phenoxy) is 1. The van der Waals surface area contributed by atoms with Crippen molar-refractivity contribution in [1.82, 2.24) is 9.97 Å². The largest absolute Gasteiger partial charge is 0.496 e. The summed E-state index contributed by atoms with van der Waals surface area (Å²) in [6, 6.07) is 11.8. The topological polar surface area (TPSA) is 93.2 Å². The van der Waals surface area contributed by atoms with Gasteiger partial charge in [-0.3, -0.25) is 4.72 Å². The molecule has 2 aromatic carbocycles. The zero-order chi connectivity index (χ0) is 24.0. The fourth-order valence-corrected chi connectivity index (χ4v) is 5.47. The predicted molar refractivity (Wildman–Crippen MR) is 137 cm³/mol. The third kappa shape index (κ3) is 6.07. The second-order valence-electron chi connectivity index (χ2n) is 8.15. The highest BCUT2D eigenvalue weighted by atomic mass is 35.5. The van der Waals surface area contributed by atoms with E-state index < -0.39 is 10.0 Å². The van der Waals surface area contributed by atoms with Crippen molar-refractivity contribution >= 4 is 45.4 Å². The molecule has 0 unspecified atom stereocenters. The SMILES string of the molecule is COc1cc(NS(=O)(=O)c2ccccc2Cl)ccc1/C=C/c1cnc(NC2CCCCC2)nc1. The molecule has 34 heavy (non-hydrogen) atoms. The Hall–Kier alpha value is -3.10. The van der Waals surface area contributed by atoms with E-state index in [0.29, 0.717) is 23.4 Å². The van der Waals surface area contributed by atoms with E-state index in [1.807, 2.05) is 12.2 Å². The lowest BCUT2D eigenvalue weighted by Gasteiger charge is -2.22. The van der Waals surface area contributed by atoms with Gasteiger partial charge in [-0.1, -0.05) is 55.1 Å². The van der Waals surface area contributed by atoms with Crippen LogP contribution in [0.2, 0.25) is 5.02 Å². The Kier molecular flexibility index (Phi) is 7.70. The van der Waals surface area contributed by atoms with E-state index in [9.17, 15) is 8.42 Å². The number of anilines is 2. The zero-order valence-corrected chi connectivity index (χ0v) is 20.4. The van der Waals surface area contributed by atoms with Crippen LogP contribution in [-0.4, -0.2) is 31.5 Å². The van der Waals surface area contributed by atoms with Crippen molar-refractivity contribution in [3.63, 3.8) is 0 Å². The molecule has 7 nitrogen and oxygen atoms in total. The summed E-state index contributed by atoms with van der Waals surface area (Å²) in [4.78, 5) is 8.87. The predicted octanol–water partition coefficient (Wildman–Crippen LogP) is 5.85. The lowest BCUT2D eigenvalue weighted by Crippen LogP contribution is -2.23. The van der Waals surface area contributed by atoms with Gasteiger partial charge in [0.25, 0.3) is 10.0 Å². The lowest BCUT2D eigenvalue weighted by molar-refractivity contribution is 0.414. The first-order valence-electron chi connectivity index (χ1n) is 11.2. The van der Waals surface area contributed by atoms with Gasteiger partial charge in [0.2, 0.25) is 5.95 Å². The highest BCUT2D eigenvalue weighted by Crippen LogP contribution is 2.28. The first-order chi connectivity index (χ1) is 16.4. The summed E-state index contributed by atoms with van der Waals surface area (Å²) in [7, 11) is -2.29. The van der Waals surface area contributed by atoms with Gasteiger partial charge in [-0.15, -0.1) is 0 Å². The van der Waals surface area contributed by atoms with Crippen molar-refractivity contribution in [3.05, 3.63) is 71.0 Å². The molecule has 0 spiro atoms. The Bertz CT molecular complexity index is 1260. The number of sulfonamides is 1. The van der Waals surface area contributed by atoms with Gasteiger partial charge >= 0.3 is 0 Å². The number of aromatic nitrogens is 2. The van der Waals surface area contributed by atoms with Gasteiger partial charge in [-0.05, 0) is 37.1 Å². The van der Waals surface area contributed by atoms with Crippen molar-refractivity contribution in [2.45, 2.75) is 43.0 Å². The van der Waals surface area contributed by atoms with Crippen LogP contribution in [0.3, 0.4) is 0 Å². The smallest absolute Gasteiger partial charge is 0.263 e. The molecule has 0 aliphatic heterocycles. The van der Waals surface area contributed by atoms with Gasteiger partial charge in [-0.25, -0.2) is 18.4 Å². The molecular weight excluding hydrogens is 472 g/mol. The molecule has 0 amide bonds. The maximum absolute atomic E-state index is 12.7. The average molecular weight is 499 g/mol. The van der Waals surface area contributed by atoms with Crippen LogP contribution in [-0.2, 0) is 10.0 Å². The number of halogens is 1. The molecule has 9 heteroatoms. The van der Waals surface area contributed by atoms with Gasteiger partial charge in [0.1, 0.15) is 10.6 Å². The van der Waals surface area contributed by atoms with Crippen LogP contribution < -0.4 is 14.8 Å². The first kappa shape index (κ1) is 24.0. The Labute approximate surface area is 205 Å². The fourth-order valence-electron chi connectivity index (χ4n) is 3.90. The van der Waals surface area contributed by atoms with Crippen LogP contribution in [0, 0.1) is 0 Å². The van der Waals surface area contributed by atoms with E-state index in [2.05, 4.69) is 20.0 Å². The zero-order valence-electron chi connectivity index (χ0n) is 18.9. The molecular formula is C25H27ClN4O3S. The summed E-state index contributed by atoms with van der Waals surface area (Å²) in [5.41, 5.74) is 2.00. The number of benzene rings is 2. The van der Waals surface area contributed by atoms with Crippen molar-refractivity contribution in [2.24, 2.45) is 0 Å². The molecule has 0 radical (unpaired) electrons. The second-order valence-corrected chi connectivity index (χ2v) is 10.2. The number of rotatable bonds is 8. The van der Waals surface area contributed by atoms with Crippen LogP contribution in [0.5, 0.6) is 5.75 Å². The third-order valence-electron chi connectivity index (χ3n) is 5.68. The molecule has 3 aromatic rings. The molecule has 1 fully saturated rings. The molecule has 1 aliphatic rings. The molecule has 4 rings (SSSR count). The van der Waals surface area contributed by atoms with E-state index in [4.69, 9.17) is 16.3 Å². The number of nitrogens with zero attached hydrogens (tertiary/aromatic N) is 2. The minimum atomic E-state index is -3.83. The molecule has 178 valence electrons. The molecule has 0 saturated heterocycles. The summed E-state index contributed by atoms with van der Waals surface area (Å²) in [6.07, 6.45) is 13.4. The quantitative estimate of drug-likeness (QED) is 0.404.